The lowest BCUT2D eigenvalue weighted by atomic mass is 10.1. The summed E-state index contributed by atoms with van der Waals surface area (Å²) in [5, 5.41) is 7.01. The van der Waals surface area contributed by atoms with Crippen molar-refractivity contribution in [2.24, 2.45) is 7.05 Å². The van der Waals surface area contributed by atoms with Crippen LogP contribution < -0.4 is 10.0 Å². The summed E-state index contributed by atoms with van der Waals surface area (Å²) in [6, 6.07) is 11.1. The highest BCUT2D eigenvalue weighted by Crippen LogP contribution is 2.13. The van der Waals surface area contributed by atoms with Crippen LogP contribution in [-0.2, 0) is 30.2 Å². The van der Waals surface area contributed by atoms with Gasteiger partial charge in [-0.15, -0.1) is 0 Å². The van der Waals surface area contributed by atoms with Crippen LogP contribution in [0.3, 0.4) is 0 Å². The van der Waals surface area contributed by atoms with Crippen molar-refractivity contribution in [3.05, 3.63) is 71.8 Å². The zero-order chi connectivity index (χ0) is 19.4. The Morgan fingerprint density at radius 1 is 1.19 bits per heavy atom. The van der Waals surface area contributed by atoms with Gasteiger partial charge in [0.2, 0.25) is 10.0 Å². The molecule has 3 aromatic rings. The molecule has 2 N–H and O–H groups in total. The summed E-state index contributed by atoms with van der Waals surface area (Å²) in [5.41, 5.74) is 2.30. The van der Waals surface area contributed by atoms with Crippen molar-refractivity contribution in [2.75, 3.05) is 7.05 Å². The van der Waals surface area contributed by atoms with E-state index in [1.807, 2.05) is 41.2 Å². The van der Waals surface area contributed by atoms with Crippen LogP contribution >= 0.6 is 0 Å². The van der Waals surface area contributed by atoms with E-state index in [9.17, 15) is 13.2 Å². The Labute approximate surface area is 157 Å². The molecule has 27 heavy (non-hydrogen) atoms. The fourth-order valence-corrected chi connectivity index (χ4v) is 3.52. The number of aryl methyl sites for hydroxylation is 1. The molecule has 0 aliphatic heterocycles. The Bertz CT molecular complexity index is 1040. The molecule has 0 bridgehead atoms. The van der Waals surface area contributed by atoms with E-state index in [1.165, 1.54) is 23.9 Å². The van der Waals surface area contributed by atoms with Gasteiger partial charge in [0.15, 0.2) is 0 Å². The smallest absolute Gasteiger partial charge is 0.268 e. The number of amides is 1. The number of nitrogens with zero attached hydrogens (tertiary/aromatic N) is 3. The zero-order valence-corrected chi connectivity index (χ0v) is 15.9. The molecule has 0 radical (unpaired) electrons. The third-order valence-corrected chi connectivity index (χ3v) is 5.52. The van der Waals surface area contributed by atoms with E-state index < -0.39 is 10.0 Å². The van der Waals surface area contributed by atoms with E-state index >= 15 is 0 Å². The summed E-state index contributed by atoms with van der Waals surface area (Å²) in [6.07, 6.45) is 5.03. The number of carbonyl (C=O) groups excluding carboxylic acids is 1. The monoisotopic (exact) mass is 387 g/mol. The first-order valence-corrected chi connectivity index (χ1v) is 9.81. The summed E-state index contributed by atoms with van der Waals surface area (Å²) in [7, 11) is -0.625. The number of rotatable bonds is 7. The molecule has 9 heteroatoms. The zero-order valence-electron chi connectivity index (χ0n) is 15.1. The maximum atomic E-state index is 12.4. The summed E-state index contributed by atoms with van der Waals surface area (Å²) in [5.74, 6) is -0.340. The first kappa shape index (κ1) is 18.9. The van der Waals surface area contributed by atoms with Crippen LogP contribution in [0.25, 0.3) is 0 Å². The van der Waals surface area contributed by atoms with Gasteiger partial charge >= 0.3 is 0 Å². The van der Waals surface area contributed by atoms with Gasteiger partial charge in [-0.25, -0.2) is 13.1 Å². The molecule has 0 spiro atoms. The van der Waals surface area contributed by atoms with Crippen molar-refractivity contribution >= 4 is 15.9 Å². The SMILES string of the molecule is CNS(=O)(=O)c1cc(C(=O)NCc2cccc(Cn3cccn3)c2)n(C)c1. The fourth-order valence-electron chi connectivity index (χ4n) is 2.72. The summed E-state index contributed by atoms with van der Waals surface area (Å²) < 4.78 is 29.3. The Morgan fingerprint density at radius 2 is 1.96 bits per heavy atom. The van der Waals surface area contributed by atoms with E-state index in [4.69, 9.17) is 0 Å². The predicted molar refractivity (Wildman–Crippen MR) is 101 cm³/mol. The van der Waals surface area contributed by atoms with Gasteiger partial charge in [0, 0.05) is 32.2 Å². The van der Waals surface area contributed by atoms with E-state index in [2.05, 4.69) is 15.1 Å². The summed E-state index contributed by atoms with van der Waals surface area (Å²) in [4.78, 5) is 12.5. The van der Waals surface area contributed by atoms with Crippen LogP contribution in [0.2, 0.25) is 0 Å². The number of benzene rings is 1. The maximum Gasteiger partial charge on any atom is 0.268 e. The first-order chi connectivity index (χ1) is 12.9. The number of carbonyl (C=O) groups is 1. The van der Waals surface area contributed by atoms with Crippen molar-refractivity contribution in [3.8, 4) is 0 Å². The number of nitrogens with one attached hydrogen (secondary N) is 2. The first-order valence-electron chi connectivity index (χ1n) is 8.32. The van der Waals surface area contributed by atoms with Gasteiger partial charge in [0.1, 0.15) is 10.6 Å². The van der Waals surface area contributed by atoms with E-state index in [0.717, 1.165) is 11.1 Å². The average molecular weight is 387 g/mol. The van der Waals surface area contributed by atoms with Gasteiger partial charge in [0.05, 0.1) is 6.54 Å². The van der Waals surface area contributed by atoms with Crippen LogP contribution in [-0.4, -0.2) is 35.7 Å². The Hall–Kier alpha value is -2.91. The van der Waals surface area contributed by atoms with Gasteiger partial charge in [-0.3, -0.25) is 9.48 Å². The lowest BCUT2D eigenvalue weighted by Gasteiger charge is -2.08. The molecule has 8 nitrogen and oxygen atoms in total. The van der Waals surface area contributed by atoms with Crippen molar-refractivity contribution in [3.63, 3.8) is 0 Å². The molecule has 0 atom stereocenters. The minimum atomic E-state index is -3.59. The predicted octanol–water partition coefficient (Wildman–Crippen LogP) is 1.11. The quantitative estimate of drug-likeness (QED) is 0.634. The highest BCUT2D eigenvalue weighted by molar-refractivity contribution is 7.89. The van der Waals surface area contributed by atoms with E-state index in [0.29, 0.717) is 13.1 Å². The van der Waals surface area contributed by atoms with Crippen molar-refractivity contribution in [2.45, 2.75) is 18.0 Å². The molecular formula is C18H21N5O3S. The second-order valence-corrected chi connectivity index (χ2v) is 7.97. The molecule has 0 unspecified atom stereocenters. The minimum absolute atomic E-state index is 0.0545. The Morgan fingerprint density at radius 3 is 2.67 bits per heavy atom. The second kappa shape index (κ2) is 7.77. The molecular weight excluding hydrogens is 366 g/mol. The highest BCUT2D eigenvalue weighted by atomic mass is 32.2. The van der Waals surface area contributed by atoms with Crippen LogP contribution in [0.1, 0.15) is 21.6 Å². The molecule has 2 heterocycles. The molecule has 0 saturated carbocycles. The lowest BCUT2D eigenvalue weighted by molar-refractivity contribution is 0.0942. The van der Waals surface area contributed by atoms with E-state index in [-0.39, 0.29) is 16.5 Å². The van der Waals surface area contributed by atoms with Gasteiger partial charge < -0.3 is 9.88 Å². The number of hydrogen-bond acceptors (Lipinski definition) is 4. The van der Waals surface area contributed by atoms with Crippen molar-refractivity contribution < 1.29 is 13.2 Å². The molecule has 142 valence electrons. The molecule has 0 aliphatic carbocycles. The molecule has 3 rings (SSSR count). The van der Waals surface area contributed by atoms with Crippen LogP contribution in [0.5, 0.6) is 0 Å². The van der Waals surface area contributed by atoms with Crippen molar-refractivity contribution in [1.82, 2.24) is 24.4 Å². The normalized spacial score (nSPS) is 11.5. The maximum absolute atomic E-state index is 12.4. The standard InChI is InChI=1S/C18H21N5O3S/c1-19-27(25,26)16-10-17(22(2)13-16)18(24)20-11-14-5-3-6-15(9-14)12-23-8-4-7-21-23/h3-10,13,19H,11-12H2,1-2H3,(H,20,24). The number of sulfonamides is 1. The van der Waals surface area contributed by atoms with Crippen LogP contribution in [0.4, 0.5) is 0 Å². The number of aromatic nitrogens is 3. The minimum Gasteiger partial charge on any atom is -0.347 e. The summed E-state index contributed by atoms with van der Waals surface area (Å²) in [6.45, 7) is 0.989. The van der Waals surface area contributed by atoms with Gasteiger partial charge in [0.25, 0.3) is 5.91 Å². The molecule has 1 amide bonds. The number of hydrogen-bond donors (Lipinski definition) is 2. The highest BCUT2D eigenvalue weighted by Gasteiger charge is 2.19. The third-order valence-electron chi connectivity index (χ3n) is 4.14. The molecule has 0 saturated heterocycles. The average Bonchev–Trinajstić information content (AvgIpc) is 3.30. The molecule has 1 aromatic carbocycles. The largest absolute Gasteiger partial charge is 0.347 e. The van der Waals surface area contributed by atoms with Gasteiger partial charge in [-0.2, -0.15) is 5.10 Å². The topological polar surface area (TPSA) is 98.0 Å². The Kier molecular flexibility index (Phi) is 5.43. The molecule has 2 aromatic heterocycles. The van der Waals surface area contributed by atoms with Crippen molar-refractivity contribution in [1.29, 1.82) is 0 Å². The van der Waals surface area contributed by atoms with Gasteiger partial charge in [-0.05, 0) is 30.3 Å². The second-order valence-electron chi connectivity index (χ2n) is 6.09. The third kappa shape index (κ3) is 4.44. The van der Waals surface area contributed by atoms with Gasteiger partial charge in [-0.1, -0.05) is 24.3 Å². The van der Waals surface area contributed by atoms with Crippen LogP contribution in [0.15, 0.2) is 59.9 Å². The van der Waals surface area contributed by atoms with E-state index in [1.54, 1.807) is 13.2 Å². The lowest BCUT2D eigenvalue weighted by Crippen LogP contribution is -2.24. The Balaban J connectivity index is 1.68. The molecule has 0 aliphatic rings. The fraction of sp³-hybridized carbons (Fsp3) is 0.222. The van der Waals surface area contributed by atoms with Crippen LogP contribution in [0, 0.1) is 0 Å². The summed E-state index contributed by atoms with van der Waals surface area (Å²) >= 11 is 0. The molecule has 0 fully saturated rings.